The maximum absolute atomic E-state index is 13.0. The number of fused-ring (bicyclic) bond motifs is 1. The van der Waals surface area contributed by atoms with E-state index in [9.17, 15) is 14.4 Å². The molecule has 2 amide bonds. The van der Waals surface area contributed by atoms with Gasteiger partial charge in [-0.05, 0) is 50.8 Å². The molecule has 2 N–H and O–H groups in total. The summed E-state index contributed by atoms with van der Waals surface area (Å²) in [5, 5.41) is 6.44. The van der Waals surface area contributed by atoms with E-state index in [1.165, 1.54) is 22.2 Å². The van der Waals surface area contributed by atoms with E-state index in [1.54, 1.807) is 0 Å². The lowest BCUT2D eigenvalue weighted by Crippen LogP contribution is -2.43. The number of amides is 2. The number of hydrogen-bond acceptors (Lipinski definition) is 7. The van der Waals surface area contributed by atoms with Gasteiger partial charge in [0.1, 0.15) is 17.6 Å². The van der Waals surface area contributed by atoms with Crippen LogP contribution in [-0.2, 0) is 16.1 Å². The van der Waals surface area contributed by atoms with E-state index in [0.29, 0.717) is 28.6 Å². The highest BCUT2D eigenvalue weighted by atomic mass is 32.1. The van der Waals surface area contributed by atoms with E-state index in [4.69, 9.17) is 0 Å². The first-order chi connectivity index (χ1) is 15.9. The first-order valence-electron chi connectivity index (χ1n) is 11.1. The number of carbonyl (C=O) groups is 2. The molecule has 0 bridgehead atoms. The van der Waals surface area contributed by atoms with Crippen LogP contribution in [0.1, 0.15) is 30.9 Å². The Morgan fingerprint density at radius 1 is 1.27 bits per heavy atom. The third kappa shape index (κ3) is 5.05. The third-order valence-corrected chi connectivity index (χ3v) is 6.86. The number of rotatable bonds is 6. The second kappa shape index (κ2) is 9.70. The first kappa shape index (κ1) is 22.9. The topological polar surface area (TPSA) is 109 Å². The molecule has 1 aliphatic heterocycles. The molecule has 0 radical (unpaired) electrons. The van der Waals surface area contributed by atoms with E-state index >= 15 is 0 Å². The zero-order chi connectivity index (χ0) is 23.5. The van der Waals surface area contributed by atoms with Crippen LogP contribution in [0.25, 0.3) is 10.3 Å². The quantitative estimate of drug-likeness (QED) is 0.575. The maximum atomic E-state index is 13.0. The van der Waals surface area contributed by atoms with E-state index in [0.717, 1.165) is 36.2 Å². The number of carbonyl (C=O) groups excluding carboxylic acids is 2. The number of piperidine rings is 1. The molecule has 1 aromatic carbocycles. The van der Waals surface area contributed by atoms with Crippen molar-refractivity contribution in [1.82, 2.24) is 19.9 Å². The lowest BCUT2D eigenvalue weighted by molar-refractivity contribution is -0.125. The van der Waals surface area contributed by atoms with Crippen molar-refractivity contribution in [3.8, 4) is 0 Å². The van der Waals surface area contributed by atoms with Gasteiger partial charge in [0.2, 0.25) is 11.8 Å². The van der Waals surface area contributed by atoms with Gasteiger partial charge >= 0.3 is 0 Å². The summed E-state index contributed by atoms with van der Waals surface area (Å²) in [6.45, 7) is 7.61. The Balaban J connectivity index is 1.51. The van der Waals surface area contributed by atoms with Crippen molar-refractivity contribution in [1.29, 1.82) is 0 Å². The zero-order valence-corrected chi connectivity index (χ0v) is 19.9. The van der Waals surface area contributed by atoms with Gasteiger partial charge < -0.3 is 15.5 Å². The number of nitrogens with zero attached hydrogens (tertiary/aromatic N) is 4. The number of aryl methyl sites for hydroxylation is 2. The first-order valence-corrected chi connectivity index (χ1v) is 11.9. The molecule has 2 aromatic heterocycles. The van der Waals surface area contributed by atoms with E-state index in [-0.39, 0.29) is 29.8 Å². The highest BCUT2D eigenvalue weighted by molar-refractivity contribution is 7.22. The second-order valence-electron chi connectivity index (χ2n) is 8.37. The zero-order valence-electron chi connectivity index (χ0n) is 19.1. The molecule has 0 spiro atoms. The standard InChI is InChI=1S/C23H28N6O3S/c1-4-24-21(31)16-6-5-9-28(11-16)23-27-20-19(33-23)22(32)29(13-25-20)12-18(30)26-17-10-14(2)7-8-15(17)3/h7-8,10,13,16H,4-6,9,11-12H2,1-3H3,(H,24,31)(H,26,30). The van der Waals surface area contributed by atoms with Crippen molar-refractivity contribution in [2.24, 2.45) is 5.92 Å². The Morgan fingerprint density at radius 3 is 2.88 bits per heavy atom. The number of benzene rings is 1. The molecule has 3 heterocycles. The summed E-state index contributed by atoms with van der Waals surface area (Å²) in [5.41, 5.74) is 2.80. The molecule has 174 valence electrons. The molecule has 10 heteroatoms. The molecular formula is C23H28N6O3S. The van der Waals surface area contributed by atoms with Gasteiger partial charge in [-0.2, -0.15) is 4.98 Å². The normalized spacial score (nSPS) is 16.1. The van der Waals surface area contributed by atoms with Crippen molar-refractivity contribution in [2.75, 3.05) is 29.9 Å². The number of hydrogen-bond donors (Lipinski definition) is 2. The van der Waals surface area contributed by atoms with Crippen molar-refractivity contribution < 1.29 is 9.59 Å². The highest BCUT2D eigenvalue weighted by Crippen LogP contribution is 2.29. The second-order valence-corrected chi connectivity index (χ2v) is 9.35. The van der Waals surface area contributed by atoms with Gasteiger partial charge in [-0.1, -0.05) is 23.5 Å². The summed E-state index contributed by atoms with van der Waals surface area (Å²) in [6, 6.07) is 5.83. The van der Waals surface area contributed by atoms with Crippen molar-refractivity contribution in [2.45, 2.75) is 40.2 Å². The Bertz CT molecular complexity index is 1250. The average molecular weight is 469 g/mol. The number of nitrogens with one attached hydrogen (secondary N) is 2. The largest absolute Gasteiger partial charge is 0.356 e. The Kier molecular flexibility index (Phi) is 6.73. The molecular weight excluding hydrogens is 440 g/mol. The molecule has 4 rings (SSSR count). The van der Waals surface area contributed by atoms with Crippen molar-refractivity contribution >= 4 is 44.3 Å². The average Bonchev–Trinajstić information content (AvgIpc) is 3.24. The minimum atomic E-state index is -0.294. The summed E-state index contributed by atoms with van der Waals surface area (Å²) in [6.07, 6.45) is 3.09. The van der Waals surface area contributed by atoms with Crippen LogP contribution in [0.15, 0.2) is 29.3 Å². The summed E-state index contributed by atoms with van der Waals surface area (Å²) in [7, 11) is 0. The number of aromatic nitrogens is 3. The van der Waals surface area contributed by atoms with Gasteiger partial charge in [-0.25, -0.2) is 4.98 Å². The van der Waals surface area contributed by atoms with Crippen LogP contribution >= 0.6 is 11.3 Å². The van der Waals surface area contributed by atoms with Gasteiger partial charge in [0.15, 0.2) is 10.8 Å². The van der Waals surface area contributed by atoms with Crippen molar-refractivity contribution in [3.05, 3.63) is 46.0 Å². The number of anilines is 2. The highest BCUT2D eigenvalue weighted by Gasteiger charge is 2.27. The fraction of sp³-hybridized carbons (Fsp3) is 0.435. The molecule has 3 aromatic rings. The van der Waals surface area contributed by atoms with Crippen LogP contribution < -0.4 is 21.1 Å². The molecule has 1 fully saturated rings. The Hall–Kier alpha value is -3.27. The monoisotopic (exact) mass is 468 g/mol. The lowest BCUT2D eigenvalue weighted by Gasteiger charge is -2.31. The molecule has 33 heavy (non-hydrogen) atoms. The van der Waals surface area contributed by atoms with Gasteiger partial charge in [-0.3, -0.25) is 19.0 Å². The van der Waals surface area contributed by atoms with Crippen LogP contribution in [0.2, 0.25) is 0 Å². The summed E-state index contributed by atoms with van der Waals surface area (Å²) >= 11 is 1.26. The minimum absolute atomic E-state index is 0.0543. The minimum Gasteiger partial charge on any atom is -0.356 e. The van der Waals surface area contributed by atoms with Gasteiger partial charge in [0, 0.05) is 25.3 Å². The van der Waals surface area contributed by atoms with E-state index in [2.05, 4.69) is 20.6 Å². The predicted octanol–water partition coefficient (Wildman–Crippen LogP) is 2.46. The fourth-order valence-corrected chi connectivity index (χ4v) is 4.99. The predicted molar refractivity (Wildman–Crippen MR) is 130 cm³/mol. The lowest BCUT2D eigenvalue weighted by atomic mass is 9.97. The molecule has 9 nitrogen and oxygen atoms in total. The summed E-state index contributed by atoms with van der Waals surface area (Å²) < 4.78 is 1.71. The van der Waals surface area contributed by atoms with E-state index < -0.39 is 0 Å². The molecule has 1 saturated heterocycles. The maximum Gasteiger partial charge on any atom is 0.273 e. The van der Waals surface area contributed by atoms with Crippen LogP contribution in [0.5, 0.6) is 0 Å². The van der Waals surface area contributed by atoms with Crippen LogP contribution in [-0.4, -0.2) is 46.0 Å². The molecule has 1 atom stereocenters. The van der Waals surface area contributed by atoms with Gasteiger partial charge in [0.25, 0.3) is 5.56 Å². The third-order valence-electron chi connectivity index (χ3n) is 5.77. The van der Waals surface area contributed by atoms with Gasteiger partial charge in [0.05, 0.1) is 5.92 Å². The van der Waals surface area contributed by atoms with Crippen molar-refractivity contribution in [3.63, 3.8) is 0 Å². The number of thiazole rings is 1. The van der Waals surface area contributed by atoms with Gasteiger partial charge in [-0.15, -0.1) is 0 Å². The molecule has 0 saturated carbocycles. The fourth-order valence-electron chi connectivity index (χ4n) is 3.98. The Morgan fingerprint density at radius 2 is 2.09 bits per heavy atom. The summed E-state index contributed by atoms with van der Waals surface area (Å²) in [5.74, 6) is -0.333. The smallest absolute Gasteiger partial charge is 0.273 e. The van der Waals surface area contributed by atoms with Crippen LogP contribution in [0.4, 0.5) is 10.8 Å². The van der Waals surface area contributed by atoms with Crippen LogP contribution in [0.3, 0.4) is 0 Å². The SMILES string of the molecule is CCNC(=O)C1CCCN(c2nc3ncn(CC(=O)Nc4cc(C)ccc4C)c(=O)c3s2)C1. The van der Waals surface area contributed by atoms with E-state index in [1.807, 2.05) is 43.9 Å². The summed E-state index contributed by atoms with van der Waals surface area (Å²) in [4.78, 5) is 48.8. The Labute approximate surface area is 195 Å². The molecule has 1 unspecified atom stereocenters. The molecule has 0 aliphatic carbocycles. The van der Waals surface area contributed by atoms with Crippen LogP contribution in [0, 0.1) is 19.8 Å². The molecule has 1 aliphatic rings.